The molecule has 0 fully saturated rings. The number of benzene rings is 1. The fourth-order valence-corrected chi connectivity index (χ4v) is 2.68. The van der Waals surface area contributed by atoms with Crippen molar-refractivity contribution < 1.29 is 4.79 Å². The molecule has 2 amide bonds. The van der Waals surface area contributed by atoms with Gasteiger partial charge in [-0.15, -0.1) is 0 Å². The summed E-state index contributed by atoms with van der Waals surface area (Å²) in [7, 11) is 0. The third-order valence-corrected chi connectivity index (χ3v) is 4.05. The highest BCUT2D eigenvalue weighted by Gasteiger charge is 2.08. The quantitative estimate of drug-likeness (QED) is 0.763. The predicted octanol–water partition coefficient (Wildman–Crippen LogP) is 3.98. The van der Waals surface area contributed by atoms with Crippen molar-refractivity contribution in [2.24, 2.45) is 0 Å². The third-order valence-electron chi connectivity index (χ3n) is 4.05. The second-order valence-corrected chi connectivity index (χ2v) is 5.81. The number of hydrogen-bond acceptors (Lipinski definition) is 1. The molecule has 1 aliphatic carbocycles. The van der Waals surface area contributed by atoms with Crippen LogP contribution in [0.4, 0.5) is 4.79 Å². The van der Waals surface area contributed by atoms with E-state index in [4.69, 9.17) is 0 Å². The van der Waals surface area contributed by atoms with Crippen LogP contribution in [-0.2, 0) is 0 Å². The van der Waals surface area contributed by atoms with Crippen molar-refractivity contribution in [1.82, 2.24) is 10.6 Å². The van der Waals surface area contributed by atoms with Crippen LogP contribution in [0.25, 0.3) is 0 Å². The lowest BCUT2D eigenvalue weighted by atomic mass is 9.97. The highest BCUT2D eigenvalue weighted by molar-refractivity contribution is 5.73. The molecule has 1 aliphatic rings. The van der Waals surface area contributed by atoms with Gasteiger partial charge in [0, 0.05) is 13.1 Å². The molecule has 0 bridgehead atoms. The number of urea groups is 1. The van der Waals surface area contributed by atoms with Crippen LogP contribution in [0, 0.1) is 0 Å². The summed E-state index contributed by atoms with van der Waals surface area (Å²) in [6.07, 6.45) is 8.34. The molecule has 3 nitrogen and oxygen atoms in total. The molecular weight excluding hydrogens is 260 g/mol. The van der Waals surface area contributed by atoms with Gasteiger partial charge in [0.25, 0.3) is 0 Å². The molecule has 0 saturated carbocycles. The zero-order valence-corrected chi connectivity index (χ0v) is 12.9. The minimum absolute atomic E-state index is 0.0609. The average Bonchev–Trinajstić information content (AvgIpc) is 2.54. The first kappa shape index (κ1) is 15.6. The van der Waals surface area contributed by atoms with Crippen LogP contribution in [0.3, 0.4) is 0 Å². The lowest BCUT2D eigenvalue weighted by molar-refractivity contribution is 0.240. The number of carbonyl (C=O) groups excluding carboxylic acids is 1. The van der Waals surface area contributed by atoms with E-state index in [0.717, 1.165) is 13.0 Å². The van der Waals surface area contributed by atoms with Crippen molar-refractivity contribution in [3.8, 4) is 0 Å². The van der Waals surface area contributed by atoms with Crippen LogP contribution in [0.5, 0.6) is 0 Å². The van der Waals surface area contributed by atoms with Gasteiger partial charge in [0.05, 0.1) is 0 Å². The Hall–Kier alpha value is -1.77. The first-order valence-electron chi connectivity index (χ1n) is 8.00. The Kier molecular flexibility index (Phi) is 6.32. The standard InChI is InChI=1S/C18H26N2O/c1-15(17-10-6-3-7-11-17)14-20-18(21)19-13-12-16-8-4-2-5-9-16/h3,6-8,10-11,15H,2,4-5,9,12-14H2,1H3,(H2,19,20,21). The van der Waals surface area contributed by atoms with Gasteiger partial charge in [0.1, 0.15) is 0 Å². The van der Waals surface area contributed by atoms with E-state index in [2.05, 4.69) is 35.8 Å². The van der Waals surface area contributed by atoms with Gasteiger partial charge in [-0.1, -0.05) is 48.9 Å². The Labute approximate surface area is 127 Å². The second-order valence-electron chi connectivity index (χ2n) is 5.81. The largest absolute Gasteiger partial charge is 0.338 e. The molecule has 1 unspecified atom stereocenters. The lowest BCUT2D eigenvalue weighted by Gasteiger charge is -2.15. The maximum atomic E-state index is 11.8. The van der Waals surface area contributed by atoms with E-state index in [1.807, 2.05) is 18.2 Å². The summed E-state index contributed by atoms with van der Waals surface area (Å²) in [4.78, 5) is 11.8. The number of allylic oxidation sites excluding steroid dienone is 1. The van der Waals surface area contributed by atoms with Crippen LogP contribution in [0.1, 0.15) is 50.5 Å². The Morgan fingerprint density at radius 2 is 2.00 bits per heavy atom. The molecule has 1 aromatic rings. The van der Waals surface area contributed by atoms with Crippen molar-refractivity contribution in [2.75, 3.05) is 13.1 Å². The lowest BCUT2D eigenvalue weighted by Crippen LogP contribution is -2.38. The molecule has 0 aliphatic heterocycles. The molecule has 3 heteroatoms. The monoisotopic (exact) mass is 286 g/mol. The first-order chi connectivity index (χ1) is 10.3. The van der Waals surface area contributed by atoms with Crippen molar-refractivity contribution in [1.29, 1.82) is 0 Å². The van der Waals surface area contributed by atoms with Crippen LogP contribution in [0.2, 0.25) is 0 Å². The van der Waals surface area contributed by atoms with E-state index < -0.39 is 0 Å². The molecule has 0 heterocycles. The molecule has 114 valence electrons. The zero-order valence-electron chi connectivity index (χ0n) is 12.9. The maximum Gasteiger partial charge on any atom is 0.314 e. The predicted molar refractivity (Wildman–Crippen MR) is 87.4 cm³/mol. The molecule has 0 saturated heterocycles. The van der Waals surface area contributed by atoms with Crippen molar-refractivity contribution >= 4 is 6.03 Å². The van der Waals surface area contributed by atoms with Gasteiger partial charge in [-0.2, -0.15) is 0 Å². The van der Waals surface area contributed by atoms with Crippen molar-refractivity contribution in [2.45, 2.75) is 44.9 Å². The Morgan fingerprint density at radius 1 is 1.19 bits per heavy atom. The zero-order chi connectivity index (χ0) is 14.9. The average molecular weight is 286 g/mol. The van der Waals surface area contributed by atoms with Crippen LogP contribution in [0.15, 0.2) is 42.0 Å². The van der Waals surface area contributed by atoms with E-state index in [9.17, 15) is 4.79 Å². The maximum absolute atomic E-state index is 11.8. The SMILES string of the molecule is CC(CNC(=O)NCCC1=CCCCC1)c1ccccc1. The van der Waals surface area contributed by atoms with E-state index in [-0.39, 0.29) is 6.03 Å². The molecule has 2 N–H and O–H groups in total. The van der Waals surface area contributed by atoms with Gasteiger partial charge >= 0.3 is 6.03 Å². The van der Waals surface area contributed by atoms with Crippen LogP contribution >= 0.6 is 0 Å². The third kappa shape index (κ3) is 5.62. The minimum atomic E-state index is -0.0609. The summed E-state index contributed by atoms with van der Waals surface area (Å²) in [5.41, 5.74) is 2.75. The van der Waals surface area contributed by atoms with Crippen molar-refractivity contribution in [3.05, 3.63) is 47.5 Å². The van der Waals surface area contributed by atoms with Crippen molar-refractivity contribution in [3.63, 3.8) is 0 Å². The summed E-state index contributed by atoms with van der Waals surface area (Å²) >= 11 is 0. The number of nitrogens with one attached hydrogen (secondary N) is 2. The summed E-state index contributed by atoms with van der Waals surface area (Å²) in [6.45, 7) is 3.53. The first-order valence-corrected chi connectivity index (χ1v) is 8.00. The summed E-state index contributed by atoms with van der Waals surface area (Å²) in [5.74, 6) is 0.331. The van der Waals surface area contributed by atoms with E-state index in [1.165, 1.54) is 36.8 Å². The topological polar surface area (TPSA) is 41.1 Å². The van der Waals surface area contributed by atoms with Crippen LogP contribution in [-0.4, -0.2) is 19.1 Å². The number of carbonyl (C=O) groups is 1. The van der Waals surface area contributed by atoms with Gasteiger partial charge < -0.3 is 10.6 Å². The summed E-state index contributed by atoms with van der Waals surface area (Å²) < 4.78 is 0. The van der Waals surface area contributed by atoms with Gasteiger partial charge in [0.15, 0.2) is 0 Å². The van der Waals surface area contributed by atoms with Gasteiger partial charge in [-0.05, 0) is 43.6 Å². The van der Waals surface area contributed by atoms with Gasteiger partial charge in [-0.25, -0.2) is 4.79 Å². The fourth-order valence-electron chi connectivity index (χ4n) is 2.68. The number of amides is 2. The molecule has 0 aromatic heterocycles. The van der Waals surface area contributed by atoms with E-state index >= 15 is 0 Å². The smallest absolute Gasteiger partial charge is 0.314 e. The van der Waals surface area contributed by atoms with E-state index in [1.54, 1.807) is 0 Å². The highest BCUT2D eigenvalue weighted by Crippen LogP contribution is 2.19. The second kappa shape index (κ2) is 8.50. The van der Waals surface area contributed by atoms with Gasteiger partial charge in [0.2, 0.25) is 0 Å². The Bertz CT molecular complexity index is 467. The van der Waals surface area contributed by atoms with Crippen LogP contribution < -0.4 is 10.6 Å². The fraction of sp³-hybridized carbons (Fsp3) is 0.500. The molecule has 0 radical (unpaired) electrons. The molecule has 21 heavy (non-hydrogen) atoms. The molecule has 1 atom stereocenters. The number of rotatable bonds is 6. The molecule has 0 spiro atoms. The number of hydrogen-bond donors (Lipinski definition) is 2. The minimum Gasteiger partial charge on any atom is -0.338 e. The Balaban J connectivity index is 1.62. The van der Waals surface area contributed by atoms with E-state index in [0.29, 0.717) is 12.5 Å². The summed E-state index contributed by atoms with van der Waals surface area (Å²) in [6, 6.07) is 10.2. The normalized spacial score (nSPS) is 16.0. The highest BCUT2D eigenvalue weighted by atomic mass is 16.2. The molecule has 1 aromatic carbocycles. The van der Waals surface area contributed by atoms with Gasteiger partial charge in [-0.3, -0.25) is 0 Å². The molecule has 2 rings (SSSR count). The molecular formula is C18H26N2O. The summed E-state index contributed by atoms with van der Waals surface area (Å²) in [5, 5.41) is 5.90. The Morgan fingerprint density at radius 3 is 2.71 bits per heavy atom.